The third-order valence-corrected chi connectivity index (χ3v) is 2.28. The van der Waals surface area contributed by atoms with Gasteiger partial charge >= 0.3 is 6.09 Å². The maximum Gasteiger partial charge on any atom is 0.413 e. The number of ether oxygens (including phenoxy) is 2. The van der Waals surface area contributed by atoms with Crippen molar-refractivity contribution in [3.05, 3.63) is 23.4 Å². The second-order valence-electron chi connectivity index (χ2n) is 4.92. The molecule has 1 aliphatic rings. The van der Waals surface area contributed by atoms with Crippen LogP contribution >= 0.6 is 0 Å². The Balaban J connectivity index is 2.10. The Kier molecular flexibility index (Phi) is 3.02. The molecule has 1 amide bonds. The number of amides is 1. The normalized spacial score (nSPS) is 14.3. The van der Waals surface area contributed by atoms with E-state index in [4.69, 9.17) is 9.47 Å². The van der Waals surface area contributed by atoms with Crippen LogP contribution in [-0.4, -0.2) is 16.7 Å². The Hall–Kier alpha value is -1.62. The maximum atomic E-state index is 11.6. The SMILES string of the molecule is CC(C)(C)OC(=O)Nc1nccc2c1COC2. The molecular weight excluding hydrogens is 220 g/mol. The molecule has 5 heteroatoms. The first-order chi connectivity index (χ1) is 7.96. The Morgan fingerprint density at radius 2 is 2.24 bits per heavy atom. The fourth-order valence-corrected chi connectivity index (χ4v) is 1.60. The lowest BCUT2D eigenvalue weighted by molar-refractivity contribution is 0.0635. The summed E-state index contributed by atoms with van der Waals surface area (Å²) < 4.78 is 10.5. The van der Waals surface area contributed by atoms with Gasteiger partial charge in [0.05, 0.1) is 13.2 Å². The number of hydrogen-bond donors (Lipinski definition) is 1. The number of hydrogen-bond acceptors (Lipinski definition) is 4. The van der Waals surface area contributed by atoms with Gasteiger partial charge in [0.15, 0.2) is 0 Å². The monoisotopic (exact) mass is 236 g/mol. The van der Waals surface area contributed by atoms with E-state index in [1.807, 2.05) is 26.8 Å². The second-order valence-corrected chi connectivity index (χ2v) is 4.92. The van der Waals surface area contributed by atoms with E-state index in [2.05, 4.69) is 10.3 Å². The molecule has 1 N–H and O–H groups in total. The van der Waals surface area contributed by atoms with E-state index in [0.29, 0.717) is 19.0 Å². The maximum absolute atomic E-state index is 11.6. The Labute approximate surface area is 100 Å². The van der Waals surface area contributed by atoms with Crippen LogP contribution in [0.5, 0.6) is 0 Å². The van der Waals surface area contributed by atoms with E-state index in [1.54, 1.807) is 6.20 Å². The molecule has 2 rings (SSSR count). The van der Waals surface area contributed by atoms with Crippen LogP contribution in [0.1, 0.15) is 31.9 Å². The van der Waals surface area contributed by atoms with Gasteiger partial charge in [0.1, 0.15) is 11.4 Å². The van der Waals surface area contributed by atoms with E-state index in [9.17, 15) is 4.79 Å². The summed E-state index contributed by atoms with van der Waals surface area (Å²) in [6, 6.07) is 1.89. The molecule has 0 atom stereocenters. The summed E-state index contributed by atoms with van der Waals surface area (Å²) in [5, 5.41) is 2.65. The van der Waals surface area contributed by atoms with E-state index in [0.717, 1.165) is 11.1 Å². The largest absolute Gasteiger partial charge is 0.444 e. The highest BCUT2D eigenvalue weighted by Gasteiger charge is 2.20. The van der Waals surface area contributed by atoms with Gasteiger partial charge in [0.25, 0.3) is 0 Å². The van der Waals surface area contributed by atoms with Crippen molar-refractivity contribution in [3.8, 4) is 0 Å². The minimum absolute atomic E-state index is 0.480. The van der Waals surface area contributed by atoms with Gasteiger partial charge < -0.3 is 9.47 Å². The van der Waals surface area contributed by atoms with E-state index in [1.165, 1.54) is 0 Å². The van der Waals surface area contributed by atoms with Crippen molar-refractivity contribution >= 4 is 11.9 Å². The van der Waals surface area contributed by atoms with Crippen LogP contribution in [0.3, 0.4) is 0 Å². The molecule has 0 spiro atoms. The van der Waals surface area contributed by atoms with Gasteiger partial charge in [-0.25, -0.2) is 9.78 Å². The molecular formula is C12H16N2O3. The lowest BCUT2D eigenvalue weighted by Crippen LogP contribution is -2.27. The van der Waals surface area contributed by atoms with Gasteiger partial charge in [-0.05, 0) is 32.4 Å². The number of rotatable bonds is 1. The van der Waals surface area contributed by atoms with E-state index < -0.39 is 11.7 Å². The van der Waals surface area contributed by atoms with E-state index in [-0.39, 0.29) is 0 Å². The molecule has 1 aromatic rings. The van der Waals surface area contributed by atoms with Gasteiger partial charge in [0, 0.05) is 11.8 Å². The Bertz CT molecular complexity index is 438. The molecule has 2 heterocycles. The second kappa shape index (κ2) is 4.33. The van der Waals surface area contributed by atoms with Crippen LogP contribution in [0.15, 0.2) is 12.3 Å². The van der Waals surface area contributed by atoms with Crippen molar-refractivity contribution < 1.29 is 14.3 Å². The number of nitrogens with one attached hydrogen (secondary N) is 1. The molecule has 17 heavy (non-hydrogen) atoms. The summed E-state index contributed by atoms with van der Waals surface area (Å²) in [5.41, 5.74) is 1.47. The first kappa shape index (κ1) is 11.9. The lowest BCUT2D eigenvalue weighted by atomic mass is 10.2. The minimum atomic E-state index is -0.515. The zero-order valence-electron chi connectivity index (χ0n) is 10.2. The molecule has 0 unspecified atom stereocenters. The predicted octanol–water partition coefficient (Wildman–Crippen LogP) is 2.46. The van der Waals surface area contributed by atoms with Crippen molar-refractivity contribution in [2.45, 2.75) is 39.6 Å². The predicted molar refractivity (Wildman–Crippen MR) is 62.6 cm³/mol. The van der Waals surface area contributed by atoms with Crippen molar-refractivity contribution in [1.82, 2.24) is 4.98 Å². The van der Waals surface area contributed by atoms with Gasteiger partial charge in [-0.2, -0.15) is 0 Å². The molecule has 1 aliphatic heterocycles. The first-order valence-corrected chi connectivity index (χ1v) is 5.50. The quantitative estimate of drug-likeness (QED) is 0.813. The third kappa shape index (κ3) is 2.94. The molecule has 1 aromatic heterocycles. The van der Waals surface area contributed by atoms with Crippen molar-refractivity contribution in [2.24, 2.45) is 0 Å². The molecule has 0 saturated heterocycles. The number of pyridine rings is 1. The van der Waals surface area contributed by atoms with Crippen LogP contribution in [0.2, 0.25) is 0 Å². The van der Waals surface area contributed by atoms with Crippen LogP contribution < -0.4 is 5.32 Å². The Morgan fingerprint density at radius 1 is 1.47 bits per heavy atom. The van der Waals surface area contributed by atoms with Crippen LogP contribution in [0.25, 0.3) is 0 Å². The molecule has 0 saturated carbocycles. The zero-order valence-corrected chi connectivity index (χ0v) is 10.2. The highest BCUT2D eigenvalue weighted by atomic mass is 16.6. The summed E-state index contributed by atoms with van der Waals surface area (Å²) >= 11 is 0. The topological polar surface area (TPSA) is 60.5 Å². The third-order valence-electron chi connectivity index (χ3n) is 2.28. The number of fused-ring (bicyclic) bond motifs is 1. The van der Waals surface area contributed by atoms with Crippen molar-refractivity contribution in [2.75, 3.05) is 5.32 Å². The molecule has 0 aromatic carbocycles. The fourth-order valence-electron chi connectivity index (χ4n) is 1.60. The molecule has 0 radical (unpaired) electrons. The van der Waals surface area contributed by atoms with Gasteiger partial charge in [-0.1, -0.05) is 0 Å². The van der Waals surface area contributed by atoms with E-state index >= 15 is 0 Å². The highest BCUT2D eigenvalue weighted by Crippen LogP contribution is 2.25. The highest BCUT2D eigenvalue weighted by molar-refractivity contribution is 5.84. The van der Waals surface area contributed by atoms with Gasteiger partial charge in [-0.15, -0.1) is 0 Å². The zero-order chi connectivity index (χ0) is 12.5. The van der Waals surface area contributed by atoms with Crippen LogP contribution in [0.4, 0.5) is 10.6 Å². The van der Waals surface area contributed by atoms with Crippen LogP contribution in [-0.2, 0) is 22.7 Å². The summed E-state index contributed by atoms with van der Waals surface area (Å²) in [4.78, 5) is 15.7. The number of nitrogens with zero attached hydrogens (tertiary/aromatic N) is 1. The number of carbonyl (C=O) groups excluding carboxylic acids is 1. The summed E-state index contributed by atoms with van der Waals surface area (Å²) in [5.74, 6) is 0.522. The molecule has 0 aliphatic carbocycles. The summed E-state index contributed by atoms with van der Waals surface area (Å²) in [6.45, 7) is 6.50. The number of carbonyl (C=O) groups is 1. The minimum Gasteiger partial charge on any atom is -0.444 e. The molecule has 0 bridgehead atoms. The first-order valence-electron chi connectivity index (χ1n) is 5.50. The van der Waals surface area contributed by atoms with Gasteiger partial charge in [-0.3, -0.25) is 5.32 Å². The molecule has 92 valence electrons. The average molecular weight is 236 g/mol. The smallest absolute Gasteiger partial charge is 0.413 e. The standard InChI is InChI=1S/C12H16N2O3/c1-12(2,3)17-11(15)14-10-9-7-16-6-8(9)4-5-13-10/h4-5H,6-7H2,1-3H3,(H,13,14,15). The molecule has 0 fully saturated rings. The molecule has 5 nitrogen and oxygen atoms in total. The Morgan fingerprint density at radius 3 is 2.94 bits per heavy atom. The lowest BCUT2D eigenvalue weighted by Gasteiger charge is -2.19. The van der Waals surface area contributed by atoms with Crippen molar-refractivity contribution in [3.63, 3.8) is 0 Å². The fraction of sp³-hybridized carbons (Fsp3) is 0.500. The average Bonchev–Trinajstić information content (AvgIpc) is 2.63. The summed E-state index contributed by atoms with van der Waals surface area (Å²) in [7, 11) is 0. The van der Waals surface area contributed by atoms with Gasteiger partial charge in [0.2, 0.25) is 0 Å². The number of anilines is 1. The van der Waals surface area contributed by atoms with Crippen molar-refractivity contribution in [1.29, 1.82) is 0 Å². The number of aromatic nitrogens is 1. The van der Waals surface area contributed by atoms with Crippen LogP contribution in [0, 0.1) is 0 Å². The summed E-state index contributed by atoms with van der Waals surface area (Å²) in [6.07, 6.45) is 1.16.